The summed E-state index contributed by atoms with van der Waals surface area (Å²) in [5.74, 6) is -3.07. The van der Waals surface area contributed by atoms with Crippen LogP contribution in [0.1, 0.15) is 30.1 Å². The van der Waals surface area contributed by atoms with Crippen molar-refractivity contribution in [2.24, 2.45) is 0 Å². The van der Waals surface area contributed by atoms with Crippen LogP contribution in [-0.4, -0.2) is 29.2 Å². The van der Waals surface area contributed by atoms with Gasteiger partial charge in [0.05, 0.1) is 6.54 Å². The minimum absolute atomic E-state index is 0.0939. The van der Waals surface area contributed by atoms with Crippen LogP contribution in [-0.2, 0) is 6.42 Å². The lowest BCUT2D eigenvalue weighted by atomic mass is 9.91. The number of benzene rings is 1. The van der Waals surface area contributed by atoms with Gasteiger partial charge in [-0.05, 0) is 30.9 Å². The zero-order valence-electron chi connectivity index (χ0n) is 11.1. The molecular weight excluding hydrogens is 262 g/mol. The molecule has 3 nitrogen and oxygen atoms in total. The highest BCUT2D eigenvalue weighted by molar-refractivity contribution is 5.85. The molecule has 0 bridgehead atoms. The van der Waals surface area contributed by atoms with Gasteiger partial charge in [-0.1, -0.05) is 18.2 Å². The first-order chi connectivity index (χ1) is 9.61. The molecular formula is C15H18F2N2O. The second kappa shape index (κ2) is 5.14. The van der Waals surface area contributed by atoms with Gasteiger partial charge in [0.1, 0.15) is 6.61 Å². The van der Waals surface area contributed by atoms with Crippen LogP contribution in [0.15, 0.2) is 24.3 Å². The Morgan fingerprint density at radius 1 is 1.35 bits per heavy atom. The molecule has 1 aromatic carbocycles. The fraction of sp³-hybridized carbons (Fsp3) is 0.467. The average Bonchev–Trinajstić information content (AvgIpc) is 2.84. The summed E-state index contributed by atoms with van der Waals surface area (Å²) in [6.45, 7) is -1.62. The number of aryl methyl sites for hydroxylation is 1. The molecule has 0 radical (unpaired) electrons. The molecule has 3 N–H and O–H groups in total. The van der Waals surface area contributed by atoms with Crippen molar-refractivity contribution < 1.29 is 13.9 Å². The SMILES string of the molecule is OCC(F)(F)CNC1CCCc2c1[nH]c1ccccc21. The van der Waals surface area contributed by atoms with E-state index in [-0.39, 0.29) is 6.04 Å². The third-order valence-electron chi connectivity index (χ3n) is 3.95. The second-order valence-electron chi connectivity index (χ2n) is 5.40. The molecule has 1 aromatic heterocycles. The van der Waals surface area contributed by atoms with Crippen LogP contribution in [0.3, 0.4) is 0 Å². The first kappa shape index (κ1) is 13.5. The maximum absolute atomic E-state index is 13.2. The Balaban J connectivity index is 1.86. The number of aromatic amines is 1. The van der Waals surface area contributed by atoms with Gasteiger partial charge >= 0.3 is 0 Å². The smallest absolute Gasteiger partial charge is 0.282 e. The summed E-state index contributed by atoms with van der Waals surface area (Å²) in [5, 5.41) is 12.7. The first-order valence-corrected chi connectivity index (χ1v) is 6.92. The highest BCUT2D eigenvalue weighted by Crippen LogP contribution is 2.34. The van der Waals surface area contributed by atoms with Gasteiger partial charge in [-0.25, -0.2) is 8.78 Å². The van der Waals surface area contributed by atoms with Crippen LogP contribution in [0, 0.1) is 0 Å². The monoisotopic (exact) mass is 280 g/mol. The van der Waals surface area contributed by atoms with Crippen LogP contribution in [0.25, 0.3) is 10.9 Å². The average molecular weight is 280 g/mol. The van der Waals surface area contributed by atoms with E-state index in [0.29, 0.717) is 0 Å². The summed E-state index contributed by atoms with van der Waals surface area (Å²) in [5.41, 5.74) is 3.31. The molecule has 0 aliphatic heterocycles. The molecule has 1 aliphatic rings. The largest absolute Gasteiger partial charge is 0.390 e. The van der Waals surface area contributed by atoms with Crippen molar-refractivity contribution in [3.8, 4) is 0 Å². The molecule has 3 rings (SSSR count). The normalized spacial score (nSPS) is 19.2. The maximum Gasteiger partial charge on any atom is 0.282 e. The van der Waals surface area contributed by atoms with E-state index >= 15 is 0 Å². The van der Waals surface area contributed by atoms with Crippen molar-refractivity contribution in [1.29, 1.82) is 0 Å². The van der Waals surface area contributed by atoms with Gasteiger partial charge in [0, 0.05) is 22.6 Å². The summed E-state index contributed by atoms with van der Waals surface area (Å²) in [6.07, 6.45) is 2.80. The number of aliphatic hydroxyl groups excluding tert-OH is 1. The molecule has 1 heterocycles. The highest BCUT2D eigenvalue weighted by Gasteiger charge is 2.31. The van der Waals surface area contributed by atoms with E-state index in [0.717, 1.165) is 30.5 Å². The number of para-hydroxylation sites is 1. The minimum Gasteiger partial charge on any atom is -0.390 e. The number of aromatic nitrogens is 1. The number of rotatable bonds is 4. The van der Waals surface area contributed by atoms with Crippen molar-refractivity contribution in [3.63, 3.8) is 0 Å². The number of nitrogens with one attached hydrogen (secondary N) is 2. The molecule has 1 aliphatic carbocycles. The third-order valence-corrected chi connectivity index (χ3v) is 3.95. The summed E-state index contributed by atoms with van der Waals surface area (Å²) >= 11 is 0. The Morgan fingerprint density at radius 3 is 2.95 bits per heavy atom. The predicted octanol–water partition coefficient (Wildman–Crippen LogP) is 2.76. The zero-order chi connectivity index (χ0) is 14.2. The molecule has 108 valence electrons. The summed E-state index contributed by atoms with van der Waals surface area (Å²) in [6, 6.07) is 7.94. The fourth-order valence-electron chi connectivity index (χ4n) is 2.95. The molecule has 5 heteroatoms. The summed E-state index contributed by atoms with van der Waals surface area (Å²) < 4.78 is 26.3. The van der Waals surface area contributed by atoms with E-state index in [1.807, 2.05) is 18.2 Å². The first-order valence-electron chi connectivity index (χ1n) is 6.92. The van der Waals surface area contributed by atoms with Gasteiger partial charge in [-0.2, -0.15) is 0 Å². The van der Waals surface area contributed by atoms with Crippen molar-refractivity contribution in [2.45, 2.75) is 31.2 Å². The van der Waals surface area contributed by atoms with E-state index in [2.05, 4.69) is 16.4 Å². The van der Waals surface area contributed by atoms with Gasteiger partial charge in [0.2, 0.25) is 0 Å². The van der Waals surface area contributed by atoms with Crippen LogP contribution in [0.4, 0.5) is 8.78 Å². The number of hydrogen-bond acceptors (Lipinski definition) is 2. The van der Waals surface area contributed by atoms with Crippen molar-refractivity contribution in [3.05, 3.63) is 35.5 Å². The van der Waals surface area contributed by atoms with Gasteiger partial charge < -0.3 is 15.4 Å². The Hall–Kier alpha value is -1.46. The molecule has 1 unspecified atom stereocenters. The summed E-state index contributed by atoms with van der Waals surface area (Å²) in [7, 11) is 0. The Labute approximate surface area is 116 Å². The lowest BCUT2D eigenvalue weighted by Gasteiger charge is -2.25. The summed E-state index contributed by atoms with van der Waals surface area (Å²) in [4.78, 5) is 3.35. The van der Waals surface area contributed by atoms with Gasteiger partial charge in [0.25, 0.3) is 5.92 Å². The topological polar surface area (TPSA) is 48.0 Å². The maximum atomic E-state index is 13.2. The van der Waals surface area contributed by atoms with Crippen LogP contribution >= 0.6 is 0 Å². The van der Waals surface area contributed by atoms with Gasteiger partial charge in [0.15, 0.2) is 0 Å². The minimum atomic E-state index is -3.07. The van der Waals surface area contributed by atoms with Crippen molar-refractivity contribution in [1.82, 2.24) is 10.3 Å². The Morgan fingerprint density at radius 2 is 2.15 bits per heavy atom. The van der Waals surface area contributed by atoms with E-state index in [9.17, 15) is 8.78 Å². The predicted molar refractivity (Wildman–Crippen MR) is 74.0 cm³/mol. The molecule has 2 aromatic rings. The van der Waals surface area contributed by atoms with Crippen LogP contribution in [0.5, 0.6) is 0 Å². The molecule has 0 amide bonds. The molecule has 0 spiro atoms. The highest BCUT2D eigenvalue weighted by atomic mass is 19.3. The van der Waals surface area contributed by atoms with E-state index in [1.165, 1.54) is 10.9 Å². The van der Waals surface area contributed by atoms with E-state index in [1.54, 1.807) is 0 Å². The van der Waals surface area contributed by atoms with Crippen LogP contribution in [0.2, 0.25) is 0 Å². The molecule has 20 heavy (non-hydrogen) atoms. The molecule has 0 saturated carbocycles. The number of H-pyrrole nitrogens is 1. The number of hydrogen-bond donors (Lipinski definition) is 3. The number of halogens is 2. The van der Waals surface area contributed by atoms with Gasteiger partial charge in [-0.3, -0.25) is 0 Å². The molecule has 1 atom stereocenters. The van der Waals surface area contributed by atoms with E-state index < -0.39 is 19.1 Å². The lowest BCUT2D eigenvalue weighted by molar-refractivity contribution is -0.0497. The fourth-order valence-corrected chi connectivity index (χ4v) is 2.95. The number of alkyl halides is 2. The molecule has 0 saturated heterocycles. The Bertz CT molecular complexity index is 609. The second-order valence-corrected chi connectivity index (χ2v) is 5.40. The van der Waals surface area contributed by atoms with Gasteiger partial charge in [-0.15, -0.1) is 0 Å². The number of fused-ring (bicyclic) bond motifs is 3. The van der Waals surface area contributed by atoms with Crippen LogP contribution < -0.4 is 5.32 Å². The number of aliphatic hydroxyl groups is 1. The Kier molecular flexibility index (Phi) is 3.48. The van der Waals surface area contributed by atoms with Crippen molar-refractivity contribution in [2.75, 3.05) is 13.2 Å². The van der Waals surface area contributed by atoms with Crippen molar-refractivity contribution >= 4 is 10.9 Å². The quantitative estimate of drug-likeness (QED) is 0.806. The van der Waals surface area contributed by atoms with E-state index in [4.69, 9.17) is 5.11 Å². The molecule has 0 fully saturated rings. The third kappa shape index (κ3) is 2.43. The lowest BCUT2D eigenvalue weighted by Crippen LogP contribution is -2.38. The zero-order valence-corrected chi connectivity index (χ0v) is 11.1. The standard InChI is InChI=1S/C15H18F2N2O/c16-15(17,9-20)8-18-13-7-3-5-11-10-4-1-2-6-12(10)19-14(11)13/h1-2,4,6,13,18-20H,3,5,7-9H2.